The van der Waals surface area contributed by atoms with Gasteiger partial charge in [0.25, 0.3) is 5.91 Å². The molecule has 5 rings (SSSR count). The standard InChI is InChI=1S/C27H21ClN2O5/c1-32-23-12-15(13-24(33-2)25(23)34-3)27-30-21-14-16(10-11-22(21)35-27)29-26(31)19-8-4-7-18-17(19)6-5-9-20(18)28/h4-14H,1-3H3,(H,29,31). The number of hydrogen-bond acceptors (Lipinski definition) is 6. The van der Waals surface area contributed by atoms with E-state index in [1.807, 2.05) is 24.3 Å². The smallest absolute Gasteiger partial charge is 0.256 e. The van der Waals surface area contributed by atoms with Crippen LogP contribution in [0.25, 0.3) is 33.3 Å². The molecule has 0 aliphatic heterocycles. The van der Waals surface area contributed by atoms with E-state index in [2.05, 4.69) is 10.3 Å². The van der Waals surface area contributed by atoms with Gasteiger partial charge in [-0.05, 0) is 47.9 Å². The third-order valence-corrected chi connectivity index (χ3v) is 6.00. The number of methoxy groups -OCH3 is 3. The summed E-state index contributed by atoms with van der Waals surface area (Å²) in [6.45, 7) is 0. The van der Waals surface area contributed by atoms with Gasteiger partial charge >= 0.3 is 0 Å². The summed E-state index contributed by atoms with van der Waals surface area (Å²) in [6.07, 6.45) is 0. The quantitative estimate of drug-likeness (QED) is 0.290. The molecule has 0 bridgehead atoms. The number of amides is 1. The Balaban J connectivity index is 1.47. The van der Waals surface area contributed by atoms with Crippen molar-refractivity contribution in [3.63, 3.8) is 0 Å². The molecule has 1 amide bonds. The molecule has 176 valence electrons. The summed E-state index contributed by atoms with van der Waals surface area (Å²) < 4.78 is 22.2. The minimum Gasteiger partial charge on any atom is -0.493 e. The highest BCUT2D eigenvalue weighted by atomic mass is 35.5. The Morgan fingerprint density at radius 3 is 2.31 bits per heavy atom. The predicted molar refractivity (Wildman–Crippen MR) is 136 cm³/mol. The monoisotopic (exact) mass is 488 g/mol. The van der Waals surface area contributed by atoms with Crippen LogP contribution in [0.5, 0.6) is 17.2 Å². The summed E-state index contributed by atoms with van der Waals surface area (Å²) in [5.74, 6) is 1.60. The molecule has 0 saturated carbocycles. The molecule has 0 aliphatic carbocycles. The van der Waals surface area contributed by atoms with Gasteiger partial charge in [-0.3, -0.25) is 4.79 Å². The van der Waals surface area contributed by atoms with Crippen molar-refractivity contribution in [2.24, 2.45) is 0 Å². The molecule has 0 fully saturated rings. The summed E-state index contributed by atoms with van der Waals surface area (Å²) in [5.41, 5.74) is 2.94. The maximum Gasteiger partial charge on any atom is 0.256 e. The summed E-state index contributed by atoms with van der Waals surface area (Å²) >= 11 is 6.29. The van der Waals surface area contributed by atoms with Crippen molar-refractivity contribution < 1.29 is 23.4 Å². The normalized spacial score (nSPS) is 11.0. The fourth-order valence-electron chi connectivity index (χ4n) is 4.00. The lowest BCUT2D eigenvalue weighted by atomic mass is 10.0. The van der Waals surface area contributed by atoms with E-state index in [0.29, 0.717) is 56.1 Å². The van der Waals surface area contributed by atoms with E-state index < -0.39 is 0 Å². The number of oxazole rings is 1. The molecule has 35 heavy (non-hydrogen) atoms. The zero-order valence-corrected chi connectivity index (χ0v) is 20.0. The average molecular weight is 489 g/mol. The molecule has 5 aromatic rings. The molecule has 0 atom stereocenters. The summed E-state index contributed by atoms with van der Waals surface area (Å²) in [7, 11) is 4.64. The average Bonchev–Trinajstić information content (AvgIpc) is 3.31. The zero-order valence-electron chi connectivity index (χ0n) is 19.2. The van der Waals surface area contributed by atoms with Crippen molar-refractivity contribution in [1.29, 1.82) is 0 Å². The number of rotatable bonds is 6. The molecule has 8 heteroatoms. The van der Waals surface area contributed by atoms with Crippen LogP contribution >= 0.6 is 11.6 Å². The fourth-order valence-corrected chi connectivity index (χ4v) is 4.24. The van der Waals surface area contributed by atoms with Crippen LogP contribution in [0.2, 0.25) is 5.02 Å². The number of aromatic nitrogens is 1. The highest BCUT2D eigenvalue weighted by molar-refractivity contribution is 6.36. The Labute approximate surface area is 206 Å². The van der Waals surface area contributed by atoms with Crippen molar-refractivity contribution in [3.8, 4) is 28.7 Å². The molecule has 0 unspecified atom stereocenters. The van der Waals surface area contributed by atoms with Gasteiger partial charge in [0.1, 0.15) is 5.52 Å². The van der Waals surface area contributed by atoms with E-state index in [1.165, 1.54) is 0 Å². The van der Waals surface area contributed by atoms with Crippen LogP contribution in [0.3, 0.4) is 0 Å². The van der Waals surface area contributed by atoms with Gasteiger partial charge in [-0.1, -0.05) is 35.9 Å². The van der Waals surface area contributed by atoms with Crippen LogP contribution in [-0.2, 0) is 0 Å². The number of nitrogens with zero attached hydrogens (tertiary/aromatic N) is 1. The molecular weight excluding hydrogens is 468 g/mol. The van der Waals surface area contributed by atoms with Crippen LogP contribution in [0.4, 0.5) is 5.69 Å². The Hall–Kier alpha value is -4.23. The molecule has 1 aromatic heterocycles. The number of benzene rings is 4. The molecule has 4 aromatic carbocycles. The maximum atomic E-state index is 13.1. The third-order valence-electron chi connectivity index (χ3n) is 5.67. The number of carbonyl (C=O) groups excluding carboxylic acids is 1. The number of hydrogen-bond donors (Lipinski definition) is 1. The van der Waals surface area contributed by atoms with E-state index in [1.54, 1.807) is 63.8 Å². The van der Waals surface area contributed by atoms with Crippen molar-refractivity contribution in [1.82, 2.24) is 4.98 Å². The van der Waals surface area contributed by atoms with Crippen molar-refractivity contribution in [2.45, 2.75) is 0 Å². The number of ether oxygens (including phenoxy) is 3. The number of fused-ring (bicyclic) bond motifs is 2. The Kier molecular flexibility index (Phi) is 5.93. The van der Waals surface area contributed by atoms with Gasteiger partial charge < -0.3 is 23.9 Å². The largest absolute Gasteiger partial charge is 0.493 e. The first kappa shape index (κ1) is 22.6. The van der Waals surface area contributed by atoms with Crippen LogP contribution in [-0.4, -0.2) is 32.2 Å². The van der Waals surface area contributed by atoms with Crippen LogP contribution in [0.1, 0.15) is 10.4 Å². The maximum absolute atomic E-state index is 13.1. The van der Waals surface area contributed by atoms with Gasteiger partial charge in [-0.2, -0.15) is 0 Å². The van der Waals surface area contributed by atoms with Gasteiger partial charge in [0.2, 0.25) is 11.6 Å². The molecule has 0 aliphatic rings. The first-order valence-electron chi connectivity index (χ1n) is 10.7. The second-order valence-electron chi connectivity index (χ2n) is 7.71. The van der Waals surface area contributed by atoms with Crippen molar-refractivity contribution in [2.75, 3.05) is 26.6 Å². The summed E-state index contributed by atoms with van der Waals surface area (Å²) in [4.78, 5) is 17.7. The van der Waals surface area contributed by atoms with Gasteiger partial charge in [0, 0.05) is 27.2 Å². The van der Waals surface area contributed by atoms with Crippen molar-refractivity contribution >= 4 is 45.1 Å². The van der Waals surface area contributed by atoms with Gasteiger partial charge in [-0.15, -0.1) is 0 Å². The molecule has 0 radical (unpaired) electrons. The fraction of sp³-hybridized carbons (Fsp3) is 0.111. The van der Waals surface area contributed by atoms with E-state index in [9.17, 15) is 4.79 Å². The van der Waals surface area contributed by atoms with E-state index in [0.717, 1.165) is 10.8 Å². The lowest BCUT2D eigenvalue weighted by Crippen LogP contribution is -2.12. The second-order valence-corrected chi connectivity index (χ2v) is 8.12. The first-order valence-corrected chi connectivity index (χ1v) is 11.1. The molecule has 1 heterocycles. The molecule has 0 spiro atoms. The van der Waals surface area contributed by atoms with Crippen LogP contribution in [0, 0.1) is 0 Å². The molecule has 7 nitrogen and oxygen atoms in total. The van der Waals surface area contributed by atoms with E-state index >= 15 is 0 Å². The minimum atomic E-state index is -0.245. The Bertz CT molecular complexity index is 1550. The van der Waals surface area contributed by atoms with Crippen LogP contribution < -0.4 is 19.5 Å². The Morgan fingerprint density at radius 2 is 1.60 bits per heavy atom. The zero-order chi connectivity index (χ0) is 24.5. The summed E-state index contributed by atoms with van der Waals surface area (Å²) in [5, 5.41) is 5.15. The Morgan fingerprint density at radius 1 is 0.886 bits per heavy atom. The van der Waals surface area contributed by atoms with Gasteiger partial charge in [0.15, 0.2) is 17.1 Å². The number of nitrogens with one attached hydrogen (secondary N) is 1. The van der Waals surface area contributed by atoms with E-state index in [4.69, 9.17) is 30.2 Å². The number of halogens is 1. The first-order chi connectivity index (χ1) is 17.0. The number of carbonyl (C=O) groups is 1. The number of anilines is 1. The lowest BCUT2D eigenvalue weighted by Gasteiger charge is -2.12. The minimum absolute atomic E-state index is 0.245. The summed E-state index contributed by atoms with van der Waals surface area (Å²) in [6, 6.07) is 19.8. The predicted octanol–water partition coefficient (Wildman–Crippen LogP) is 6.58. The molecule has 1 N–H and O–H groups in total. The lowest BCUT2D eigenvalue weighted by molar-refractivity contribution is 0.102. The third kappa shape index (κ3) is 4.11. The van der Waals surface area contributed by atoms with E-state index in [-0.39, 0.29) is 5.91 Å². The SMILES string of the molecule is COc1cc(-c2nc3cc(NC(=O)c4cccc5c(Cl)cccc45)ccc3o2)cc(OC)c1OC. The highest BCUT2D eigenvalue weighted by Crippen LogP contribution is 2.41. The highest BCUT2D eigenvalue weighted by Gasteiger charge is 2.18. The molecular formula is C27H21ClN2O5. The van der Waals surface area contributed by atoms with Gasteiger partial charge in [0.05, 0.1) is 21.3 Å². The second kappa shape index (κ2) is 9.19. The topological polar surface area (TPSA) is 82.8 Å². The van der Waals surface area contributed by atoms with Gasteiger partial charge in [-0.25, -0.2) is 4.98 Å². The van der Waals surface area contributed by atoms with Crippen molar-refractivity contribution in [3.05, 3.63) is 77.3 Å². The van der Waals surface area contributed by atoms with Crippen LogP contribution in [0.15, 0.2) is 71.1 Å². The molecule has 0 saturated heterocycles.